The highest BCUT2D eigenvalue weighted by atomic mass is 32.2. The third-order valence-electron chi connectivity index (χ3n) is 3.95. The van der Waals surface area contributed by atoms with Gasteiger partial charge in [0.25, 0.3) is 5.91 Å². The smallest absolute Gasteiger partial charge is 0.344 e. The Bertz CT molecular complexity index is 715. The first kappa shape index (κ1) is 18.3. The molecule has 0 radical (unpaired) electrons. The van der Waals surface area contributed by atoms with E-state index in [2.05, 4.69) is 0 Å². The Kier molecular flexibility index (Phi) is 5.82. The minimum absolute atomic E-state index is 0.0421. The van der Waals surface area contributed by atoms with Gasteiger partial charge < -0.3 is 14.4 Å². The Labute approximate surface area is 141 Å². The zero-order valence-corrected chi connectivity index (χ0v) is 14.5. The van der Waals surface area contributed by atoms with Gasteiger partial charge in [-0.3, -0.25) is 4.79 Å². The van der Waals surface area contributed by atoms with Crippen molar-refractivity contribution in [2.45, 2.75) is 19.4 Å². The first-order valence-electron chi connectivity index (χ1n) is 7.58. The normalized spacial score (nSPS) is 18.8. The molecule has 0 spiro atoms. The van der Waals surface area contributed by atoms with E-state index in [1.165, 1.54) is 11.9 Å². The van der Waals surface area contributed by atoms with E-state index in [1.54, 1.807) is 12.1 Å². The van der Waals surface area contributed by atoms with Gasteiger partial charge in [0.05, 0.1) is 11.5 Å². The highest BCUT2D eigenvalue weighted by Gasteiger charge is 2.32. The molecule has 7 nitrogen and oxygen atoms in total. The molecule has 1 aliphatic heterocycles. The predicted octanol–water partition coefficient (Wildman–Crippen LogP) is 0.563. The molecule has 8 heteroatoms. The molecular formula is C16H21NO6S. The van der Waals surface area contributed by atoms with Crippen LogP contribution in [0.2, 0.25) is 0 Å². The number of benzene rings is 1. The Morgan fingerprint density at radius 1 is 1.25 bits per heavy atom. The molecule has 1 saturated heterocycles. The second-order valence-electron chi connectivity index (χ2n) is 5.78. The zero-order chi connectivity index (χ0) is 17.7. The van der Waals surface area contributed by atoms with Gasteiger partial charge >= 0.3 is 5.97 Å². The molecule has 1 amide bonds. The molecule has 1 aliphatic rings. The molecule has 0 aliphatic carbocycles. The number of sulfone groups is 1. The van der Waals surface area contributed by atoms with Crippen LogP contribution in [0.4, 0.5) is 0 Å². The molecule has 0 saturated carbocycles. The van der Waals surface area contributed by atoms with Gasteiger partial charge in [0.2, 0.25) is 0 Å². The molecule has 1 unspecified atom stereocenters. The third kappa shape index (κ3) is 4.95. The van der Waals surface area contributed by atoms with Crippen molar-refractivity contribution in [1.82, 2.24) is 4.90 Å². The highest BCUT2D eigenvalue weighted by molar-refractivity contribution is 7.91. The molecule has 1 heterocycles. The number of esters is 1. The van der Waals surface area contributed by atoms with Crippen LogP contribution < -0.4 is 4.74 Å². The van der Waals surface area contributed by atoms with Crippen molar-refractivity contribution in [2.75, 3.05) is 31.8 Å². The second-order valence-corrected chi connectivity index (χ2v) is 8.01. The lowest BCUT2D eigenvalue weighted by Crippen LogP contribution is -2.40. The Morgan fingerprint density at radius 3 is 2.58 bits per heavy atom. The summed E-state index contributed by atoms with van der Waals surface area (Å²) in [5.74, 6) is -0.465. The van der Waals surface area contributed by atoms with Crippen LogP contribution in [0, 0.1) is 6.92 Å². The zero-order valence-electron chi connectivity index (χ0n) is 13.7. The van der Waals surface area contributed by atoms with Gasteiger partial charge in [0, 0.05) is 13.1 Å². The third-order valence-corrected chi connectivity index (χ3v) is 5.70. The van der Waals surface area contributed by atoms with Gasteiger partial charge in [0.1, 0.15) is 5.75 Å². The van der Waals surface area contributed by atoms with Crippen LogP contribution in [-0.2, 0) is 24.2 Å². The van der Waals surface area contributed by atoms with Crippen LogP contribution in [0.1, 0.15) is 12.0 Å². The lowest BCUT2D eigenvalue weighted by molar-refractivity contribution is -0.153. The molecule has 24 heavy (non-hydrogen) atoms. The number of hydrogen-bond donors (Lipinski definition) is 0. The van der Waals surface area contributed by atoms with Gasteiger partial charge in [-0.2, -0.15) is 0 Å². The SMILES string of the molecule is Cc1ccccc1OCC(=O)OCC(=O)N(C)C1CCS(=O)(=O)C1. The first-order valence-corrected chi connectivity index (χ1v) is 9.41. The van der Waals surface area contributed by atoms with E-state index in [1.807, 2.05) is 19.1 Å². The number of amides is 1. The summed E-state index contributed by atoms with van der Waals surface area (Å²) in [6, 6.07) is 6.89. The van der Waals surface area contributed by atoms with Crippen LogP contribution in [0.15, 0.2) is 24.3 Å². The lowest BCUT2D eigenvalue weighted by atomic mass is 10.2. The van der Waals surface area contributed by atoms with Crippen molar-refractivity contribution in [3.05, 3.63) is 29.8 Å². The van der Waals surface area contributed by atoms with Crippen LogP contribution in [0.5, 0.6) is 5.75 Å². The molecular weight excluding hydrogens is 334 g/mol. The first-order chi connectivity index (χ1) is 11.3. The van der Waals surface area contributed by atoms with Crippen molar-refractivity contribution in [1.29, 1.82) is 0 Å². The van der Waals surface area contributed by atoms with Crippen molar-refractivity contribution in [3.63, 3.8) is 0 Å². The number of likely N-dealkylation sites (N-methyl/N-ethyl adjacent to an activating group) is 1. The number of ether oxygens (including phenoxy) is 2. The summed E-state index contributed by atoms with van der Waals surface area (Å²) >= 11 is 0. The molecule has 1 fully saturated rings. The van der Waals surface area contributed by atoms with E-state index in [0.717, 1.165) is 5.56 Å². The second kappa shape index (κ2) is 7.65. The van der Waals surface area contributed by atoms with Crippen molar-refractivity contribution >= 4 is 21.7 Å². The summed E-state index contributed by atoms with van der Waals surface area (Å²) < 4.78 is 33.1. The molecule has 2 rings (SSSR count). The summed E-state index contributed by atoms with van der Waals surface area (Å²) in [4.78, 5) is 25.0. The van der Waals surface area contributed by atoms with E-state index < -0.39 is 28.3 Å². The van der Waals surface area contributed by atoms with E-state index >= 15 is 0 Å². The largest absolute Gasteiger partial charge is 0.482 e. The number of rotatable bonds is 6. The average Bonchev–Trinajstić information content (AvgIpc) is 2.91. The summed E-state index contributed by atoms with van der Waals surface area (Å²) in [6.07, 6.45) is 0.412. The summed E-state index contributed by atoms with van der Waals surface area (Å²) in [5.41, 5.74) is 0.892. The number of hydrogen-bond acceptors (Lipinski definition) is 6. The molecule has 1 atom stereocenters. The summed E-state index contributed by atoms with van der Waals surface area (Å²) in [7, 11) is -1.55. The number of para-hydroxylation sites is 1. The molecule has 0 bridgehead atoms. The van der Waals surface area contributed by atoms with Crippen LogP contribution in [0.25, 0.3) is 0 Å². The van der Waals surface area contributed by atoms with Crippen LogP contribution in [-0.4, -0.2) is 63.0 Å². The van der Waals surface area contributed by atoms with Crippen molar-refractivity contribution < 1.29 is 27.5 Å². The Morgan fingerprint density at radius 2 is 1.96 bits per heavy atom. The minimum atomic E-state index is -3.07. The van der Waals surface area contributed by atoms with Crippen molar-refractivity contribution in [2.24, 2.45) is 0 Å². The number of aryl methyl sites for hydroxylation is 1. The molecule has 132 valence electrons. The van der Waals surface area contributed by atoms with E-state index in [0.29, 0.717) is 12.2 Å². The quantitative estimate of drug-likeness (QED) is 0.693. The molecule has 0 aromatic heterocycles. The Hall–Kier alpha value is -2.09. The molecule has 1 aromatic carbocycles. The molecule has 1 aromatic rings. The topological polar surface area (TPSA) is 90.0 Å². The number of nitrogens with zero attached hydrogens (tertiary/aromatic N) is 1. The number of carbonyl (C=O) groups is 2. The maximum absolute atomic E-state index is 12.0. The monoisotopic (exact) mass is 355 g/mol. The minimum Gasteiger partial charge on any atom is -0.482 e. The maximum Gasteiger partial charge on any atom is 0.344 e. The van der Waals surface area contributed by atoms with Gasteiger partial charge in [-0.1, -0.05) is 18.2 Å². The van der Waals surface area contributed by atoms with Crippen molar-refractivity contribution in [3.8, 4) is 5.75 Å². The fraction of sp³-hybridized carbons (Fsp3) is 0.500. The fourth-order valence-electron chi connectivity index (χ4n) is 2.43. The van der Waals surface area contributed by atoms with Crippen LogP contribution in [0.3, 0.4) is 0 Å². The number of carbonyl (C=O) groups excluding carboxylic acids is 2. The van der Waals surface area contributed by atoms with Crippen LogP contribution >= 0.6 is 0 Å². The van der Waals surface area contributed by atoms with Gasteiger partial charge in [-0.25, -0.2) is 13.2 Å². The highest BCUT2D eigenvalue weighted by Crippen LogP contribution is 2.17. The van der Waals surface area contributed by atoms with E-state index in [-0.39, 0.29) is 24.2 Å². The average molecular weight is 355 g/mol. The maximum atomic E-state index is 12.0. The lowest BCUT2D eigenvalue weighted by Gasteiger charge is -2.23. The standard InChI is InChI=1S/C16H21NO6S/c1-12-5-3-4-6-14(12)22-10-16(19)23-9-15(18)17(2)13-7-8-24(20,21)11-13/h3-6,13H,7-11H2,1-2H3. The van der Waals surface area contributed by atoms with Gasteiger partial charge in [-0.15, -0.1) is 0 Å². The fourth-order valence-corrected chi connectivity index (χ4v) is 4.20. The van der Waals surface area contributed by atoms with E-state index in [4.69, 9.17) is 9.47 Å². The predicted molar refractivity (Wildman–Crippen MR) is 87.5 cm³/mol. The van der Waals surface area contributed by atoms with Gasteiger partial charge in [0.15, 0.2) is 23.1 Å². The Balaban J connectivity index is 1.75. The van der Waals surface area contributed by atoms with E-state index in [9.17, 15) is 18.0 Å². The summed E-state index contributed by atoms with van der Waals surface area (Å²) in [5, 5.41) is 0. The summed E-state index contributed by atoms with van der Waals surface area (Å²) in [6.45, 7) is 1.14. The molecule has 0 N–H and O–H groups in total. The van der Waals surface area contributed by atoms with Gasteiger partial charge in [-0.05, 0) is 25.0 Å².